The molecule has 45 heavy (non-hydrogen) atoms. The first-order valence-electron chi connectivity index (χ1n) is 15.3. The number of amides is 3. The molecule has 10 nitrogen and oxygen atoms in total. The number of aliphatic carboxylic acids is 1. The number of carbonyl (C=O) groups excluding carboxylic acids is 3. The van der Waals surface area contributed by atoms with Crippen molar-refractivity contribution < 1.29 is 33.8 Å². The minimum absolute atomic E-state index is 0.0562. The summed E-state index contributed by atoms with van der Waals surface area (Å²) in [5, 5.41) is 15.4. The van der Waals surface area contributed by atoms with Gasteiger partial charge in [-0.05, 0) is 43.7 Å². The number of carbonyl (C=O) groups is 4. The number of alkyl carbamates (subject to hydrolysis) is 1. The summed E-state index contributed by atoms with van der Waals surface area (Å²) in [6, 6.07) is 17.3. The van der Waals surface area contributed by atoms with E-state index in [0.717, 1.165) is 11.1 Å². The molecule has 0 aromatic heterocycles. The number of nitrogens with one attached hydrogen (secondary N) is 2. The van der Waals surface area contributed by atoms with Gasteiger partial charge in [-0.25, -0.2) is 9.59 Å². The molecule has 2 fully saturated rings. The van der Waals surface area contributed by atoms with E-state index in [1.54, 1.807) is 20.8 Å². The molecule has 1 aliphatic heterocycles. The summed E-state index contributed by atoms with van der Waals surface area (Å²) < 4.78 is 12.1. The number of carboxylic acid groups (broad SMARTS) is 1. The molecule has 0 unspecified atom stereocenters. The first-order chi connectivity index (χ1) is 21.1. The maximum Gasteiger partial charge on any atom is 0.408 e. The largest absolute Gasteiger partial charge is 0.479 e. The number of hydrogen-bond donors (Lipinski definition) is 3. The molecular weight excluding hydrogens is 574 g/mol. The van der Waals surface area contributed by atoms with Gasteiger partial charge >= 0.3 is 12.1 Å². The fourth-order valence-electron chi connectivity index (χ4n) is 5.74. The molecule has 1 saturated carbocycles. The van der Waals surface area contributed by atoms with Crippen LogP contribution in [0.5, 0.6) is 0 Å². The summed E-state index contributed by atoms with van der Waals surface area (Å²) in [7, 11) is 0. The first-order valence-corrected chi connectivity index (χ1v) is 15.3. The Morgan fingerprint density at radius 3 is 1.98 bits per heavy atom. The second-order valence-corrected chi connectivity index (χ2v) is 14.0. The van der Waals surface area contributed by atoms with Gasteiger partial charge in [0.05, 0.1) is 6.10 Å². The highest BCUT2D eigenvalue weighted by Gasteiger charge is 2.61. The fourth-order valence-corrected chi connectivity index (χ4v) is 5.74. The Kier molecular flexibility index (Phi) is 9.77. The van der Waals surface area contributed by atoms with Crippen molar-refractivity contribution in [1.82, 2.24) is 15.5 Å². The number of hydrogen-bond acceptors (Lipinski definition) is 6. The molecule has 4 rings (SSSR count). The predicted molar refractivity (Wildman–Crippen MR) is 169 cm³/mol. The summed E-state index contributed by atoms with van der Waals surface area (Å²) in [5.41, 5.74) is -1.19. The van der Waals surface area contributed by atoms with Crippen LogP contribution in [0.25, 0.3) is 0 Å². The van der Waals surface area contributed by atoms with Crippen LogP contribution in [-0.4, -0.2) is 69.8 Å². The lowest BCUT2D eigenvalue weighted by Crippen LogP contribution is -2.59. The zero-order valence-electron chi connectivity index (χ0n) is 26.9. The Balaban J connectivity index is 1.66. The Bertz CT molecular complexity index is 1360. The van der Waals surface area contributed by atoms with E-state index in [-0.39, 0.29) is 19.4 Å². The fraction of sp³-hybridized carbons (Fsp3) is 0.486. The smallest absolute Gasteiger partial charge is 0.408 e. The number of carboxylic acids is 1. The topological polar surface area (TPSA) is 134 Å². The summed E-state index contributed by atoms with van der Waals surface area (Å²) in [4.78, 5) is 54.6. The van der Waals surface area contributed by atoms with E-state index in [1.807, 2.05) is 81.4 Å². The number of ether oxygens (including phenoxy) is 2. The van der Waals surface area contributed by atoms with Gasteiger partial charge in [-0.2, -0.15) is 0 Å². The molecule has 0 bridgehead atoms. The van der Waals surface area contributed by atoms with Crippen LogP contribution in [0.2, 0.25) is 0 Å². The highest BCUT2D eigenvalue weighted by atomic mass is 16.6. The van der Waals surface area contributed by atoms with Crippen molar-refractivity contribution in [2.24, 2.45) is 11.3 Å². The lowest BCUT2D eigenvalue weighted by molar-refractivity contribution is -0.146. The third kappa shape index (κ3) is 7.92. The van der Waals surface area contributed by atoms with Crippen LogP contribution in [0.15, 0.2) is 73.3 Å². The minimum atomic E-state index is -1.47. The number of nitrogens with zero attached hydrogens (tertiary/aromatic N) is 1. The van der Waals surface area contributed by atoms with Gasteiger partial charge in [-0.1, -0.05) is 87.5 Å². The average molecular weight is 620 g/mol. The van der Waals surface area contributed by atoms with Crippen molar-refractivity contribution in [2.45, 2.75) is 89.8 Å². The molecule has 242 valence electrons. The second-order valence-electron chi connectivity index (χ2n) is 14.0. The zero-order chi connectivity index (χ0) is 33.2. The Labute approximate surface area is 265 Å². The van der Waals surface area contributed by atoms with Crippen molar-refractivity contribution in [1.29, 1.82) is 0 Å². The SMILES string of the molecule is C=C[C@@H]1C[C@@]1(NC(=O)[C@@H]1C[C@@H](OC(c2ccccc2)c2ccccc2)CN1C(=O)[C@@H](NC(=O)OC(C)(C)C)C(C)(C)C)C(=O)O. The van der Waals surface area contributed by atoms with E-state index < -0.39 is 70.6 Å². The highest BCUT2D eigenvalue weighted by molar-refractivity contribution is 5.96. The van der Waals surface area contributed by atoms with Gasteiger partial charge in [-0.15, -0.1) is 6.58 Å². The molecule has 5 atom stereocenters. The third-order valence-corrected chi connectivity index (χ3v) is 8.18. The standard InChI is InChI=1S/C35H45N3O7/c1-8-24-20-35(24,31(41)42)37-29(39)26-19-25(44-27(22-15-11-9-12-16-22)23-17-13-10-14-18-23)21-38(26)30(40)28(33(2,3)4)36-32(43)45-34(5,6)7/h8-18,24-28H,1,19-21H2,2-7H3,(H,36,43)(H,37,39)(H,41,42)/t24-,25-,26+,28-,35+/m1/s1. The Morgan fingerprint density at radius 1 is 0.978 bits per heavy atom. The molecule has 3 amide bonds. The van der Waals surface area contributed by atoms with Crippen molar-refractivity contribution in [3.8, 4) is 0 Å². The molecule has 0 radical (unpaired) electrons. The zero-order valence-corrected chi connectivity index (χ0v) is 26.9. The van der Waals surface area contributed by atoms with Gasteiger partial charge in [0, 0.05) is 18.9 Å². The highest BCUT2D eigenvalue weighted by Crippen LogP contribution is 2.45. The second kappa shape index (κ2) is 13.0. The number of rotatable bonds is 10. The maximum absolute atomic E-state index is 14.3. The molecule has 3 N–H and O–H groups in total. The Hall–Kier alpha value is -4.18. The summed E-state index contributed by atoms with van der Waals surface area (Å²) in [5.74, 6) is -2.66. The Morgan fingerprint density at radius 2 is 1.53 bits per heavy atom. The number of benzene rings is 2. The van der Waals surface area contributed by atoms with E-state index in [0.29, 0.717) is 0 Å². The molecule has 1 aliphatic carbocycles. The molecular formula is C35H45N3O7. The van der Waals surface area contributed by atoms with E-state index in [4.69, 9.17) is 9.47 Å². The molecule has 1 saturated heterocycles. The van der Waals surface area contributed by atoms with Crippen molar-refractivity contribution in [3.63, 3.8) is 0 Å². The van der Waals surface area contributed by atoms with Crippen LogP contribution in [0.1, 0.15) is 71.6 Å². The van der Waals surface area contributed by atoms with Crippen LogP contribution in [0.3, 0.4) is 0 Å². The molecule has 1 heterocycles. The van der Waals surface area contributed by atoms with E-state index >= 15 is 0 Å². The molecule has 10 heteroatoms. The minimum Gasteiger partial charge on any atom is -0.479 e. The van der Waals surface area contributed by atoms with Crippen LogP contribution in [-0.2, 0) is 23.9 Å². The predicted octanol–water partition coefficient (Wildman–Crippen LogP) is 4.85. The molecule has 2 aromatic carbocycles. The van der Waals surface area contributed by atoms with Gasteiger partial charge in [0.15, 0.2) is 0 Å². The first kappa shape index (κ1) is 33.7. The molecule has 2 aromatic rings. The van der Waals surface area contributed by atoms with Crippen molar-refractivity contribution in [2.75, 3.05) is 6.54 Å². The van der Waals surface area contributed by atoms with Crippen LogP contribution < -0.4 is 10.6 Å². The normalized spacial score (nSPS) is 23.6. The van der Waals surface area contributed by atoms with Crippen molar-refractivity contribution in [3.05, 3.63) is 84.4 Å². The lowest BCUT2D eigenvalue weighted by Gasteiger charge is -2.36. The van der Waals surface area contributed by atoms with Gasteiger partial charge in [0.25, 0.3) is 0 Å². The summed E-state index contributed by atoms with van der Waals surface area (Å²) in [6.45, 7) is 14.4. The van der Waals surface area contributed by atoms with E-state index in [9.17, 15) is 24.3 Å². The molecule has 2 aliphatic rings. The third-order valence-electron chi connectivity index (χ3n) is 8.18. The van der Waals surface area contributed by atoms with Gasteiger partial charge in [0.2, 0.25) is 11.8 Å². The monoisotopic (exact) mass is 619 g/mol. The van der Waals surface area contributed by atoms with Gasteiger partial charge in [0.1, 0.15) is 29.3 Å². The van der Waals surface area contributed by atoms with Gasteiger partial charge in [-0.3, -0.25) is 9.59 Å². The lowest BCUT2D eigenvalue weighted by atomic mass is 9.85. The maximum atomic E-state index is 14.3. The van der Waals surface area contributed by atoms with E-state index in [2.05, 4.69) is 17.2 Å². The average Bonchev–Trinajstić information content (AvgIpc) is 3.52. The number of likely N-dealkylation sites (tertiary alicyclic amines) is 1. The summed E-state index contributed by atoms with van der Waals surface area (Å²) >= 11 is 0. The van der Waals surface area contributed by atoms with Crippen LogP contribution in [0.4, 0.5) is 4.79 Å². The molecule has 0 spiro atoms. The van der Waals surface area contributed by atoms with Gasteiger partial charge < -0.3 is 30.1 Å². The van der Waals surface area contributed by atoms with Crippen LogP contribution in [0, 0.1) is 11.3 Å². The van der Waals surface area contributed by atoms with Crippen molar-refractivity contribution >= 4 is 23.9 Å². The summed E-state index contributed by atoms with van der Waals surface area (Å²) in [6.07, 6.45) is 0.0516. The van der Waals surface area contributed by atoms with Crippen LogP contribution >= 0.6 is 0 Å². The quantitative estimate of drug-likeness (QED) is 0.324. The van der Waals surface area contributed by atoms with E-state index in [1.165, 1.54) is 11.0 Å².